The van der Waals surface area contributed by atoms with Crippen LogP contribution in [0.15, 0.2) is 42.9 Å². The summed E-state index contributed by atoms with van der Waals surface area (Å²) in [5.74, 6) is 1.97. The molecule has 1 aromatic carbocycles. The van der Waals surface area contributed by atoms with E-state index in [2.05, 4.69) is 37.1 Å². The molecule has 7 nitrogen and oxygen atoms in total. The van der Waals surface area contributed by atoms with E-state index in [1.54, 1.807) is 24.8 Å². The first-order valence-electron chi connectivity index (χ1n) is 11.2. The summed E-state index contributed by atoms with van der Waals surface area (Å²) in [6.07, 6.45) is 5.93. The summed E-state index contributed by atoms with van der Waals surface area (Å²) in [5.41, 5.74) is 3.30. The van der Waals surface area contributed by atoms with Crippen molar-refractivity contribution in [2.24, 2.45) is 0 Å². The molecule has 0 N–H and O–H groups in total. The van der Waals surface area contributed by atoms with Crippen LogP contribution in [0.3, 0.4) is 0 Å². The molecule has 1 unspecified atom stereocenters. The molecule has 5 rings (SSSR count). The van der Waals surface area contributed by atoms with Crippen molar-refractivity contribution in [2.75, 3.05) is 20.2 Å². The molecule has 0 spiro atoms. The van der Waals surface area contributed by atoms with Gasteiger partial charge in [-0.2, -0.15) is 10.1 Å². The van der Waals surface area contributed by atoms with Crippen molar-refractivity contribution >= 4 is 17.1 Å². The van der Waals surface area contributed by atoms with Gasteiger partial charge < -0.3 is 4.74 Å². The highest BCUT2D eigenvalue weighted by molar-refractivity contribution is 7.15. The first-order chi connectivity index (χ1) is 15.7. The molecule has 0 saturated carbocycles. The molecule has 1 aliphatic rings. The maximum absolute atomic E-state index is 5.34. The predicted octanol–water partition coefficient (Wildman–Crippen LogP) is 4.97. The highest BCUT2D eigenvalue weighted by Gasteiger charge is 2.25. The minimum absolute atomic E-state index is 0.426. The quantitative estimate of drug-likeness (QED) is 0.428. The topological polar surface area (TPSA) is 68.4 Å². The average molecular weight is 451 g/mol. The number of aromatic nitrogens is 5. The van der Waals surface area contributed by atoms with E-state index < -0.39 is 0 Å². The van der Waals surface area contributed by atoms with Crippen LogP contribution in [0.4, 0.5) is 0 Å². The molecule has 1 atom stereocenters. The smallest absolute Gasteiger partial charge is 0.252 e. The molecular weight excluding hydrogens is 420 g/mol. The zero-order chi connectivity index (χ0) is 22.5. The van der Waals surface area contributed by atoms with Crippen molar-refractivity contribution in [3.05, 3.63) is 59.1 Å². The molecule has 1 fully saturated rings. The van der Waals surface area contributed by atoms with Gasteiger partial charge in [-0.1, -0.05) is 26.0 Å². The first-order valence-corrected chi connectivity index (χ1v) is 12.0. The van der Waals surface area contributed by atoms with Crippen LogP contribution in [0.5, 0.6) is 5.75 Å². The molecule has 0 aliphatic carbocycles. The van der Waals surface area contributed by atoms with Crippen LogP contribution in [0, 0.1) is 6.92 Å². The molecule has 32 heavy (non-hydrogen) atoms. The third kappa shape index (κ3) is 4.81. The fourth-order valence-electron chi connectivity index (χ4n) is 4.18. The van der Waals surface area contributed by atoms with Crippen LogP contribution in [0.1, 0.15) is 48.9 Å². The van der Waals surface area contributed by atoms with Crippen molar-refractivity contribution in [1.29, 1.82) is 0 Å². The number of piperidine rings is 1. The van der Waals surface area contributed by atoms with Crippen LogP contribution in [-0.2, 0) is 6.54 Å². The summed E-state index contributed by atoms with van der Waals surface area (Å²) in [4.78, 5) is 17.2. The Hall–Kier alpha value is -2.84. The van der Waals surface area contributed by atoms with Gasteiger partial charge in [0.25, 0.3) is 5.78 Å². The van der Waals surface area contributed by atoms with Gasteiger partial charge in [0.05, 0.1) is 12.8 Å². The molecule has 0 radical (unpaired) electrons. The van der Waals surface area contributed by atoms with Gasteiger partial charge >= 0.3 is 0 Å². The van der Waals surface area contributed by atoms with Gasteiger partial charge in [0.15, 0.2) is 0 Å². The lowest BCUT2D eigenvalue weighted by atomic mass is 9.94. The van der Waals surface area contributed by atoms with Crippen LogP contribution in [-0.4, -0.2) is 49.7 Å². The Morgan fingerprint density at radius 2 is 2.06 bits per heavy atom. The number of thiazole rings is 1. The molecule has 0 amide bonds. The number of benzene rings is 1. The highest BCUT2D eigenvalue weighted by Crippen LogP contribution is 2.31. The lowest BCUT2D eigenvalue weighted by Crippen LogP contribution is -2.34. The Balaban J connectivity index is 0.00000119. The third-order valence-corrected chi connectivity index (χ3v) is 6.61. The maximum Gasteiger partial charge on any atom is 0.252 e. The lowest BCUT2D eigenvalue weighted by molar-refractivity contribution is 0.199. The number of aryl methyl sites for hydroxylation is 1. The van der Waals surface area contributed by atoms with Gasteiger partial charge in [-0.15, -0.1) is 11.3 Å². The monoisotopic (exact) mass is 450 g/mol. The Morgan fingerprint density at radius 3 is 2.91 bits per heavy atom. The van der Waals surface area contributed by atoms with Crippen LogP contribution >= 0.6 is 11.3 Å². The highest BCUT2D eigenvalue weighted by atomic mass is 32.1. The molecule has 3 aromatic heterocycles. The standard InChI is InChI=1S/C22H24N6OS.C2H6/c1-15-9-20(28-22(26-15)24-14-25-28)17-6-4-8-27(12-17)13-19-11-23-21(30-19)16-5-3-7-18(10-16)29-2;1-2/h3,5,7,9-11,14,17H,4,6,8,12-13H2,1-2H3;1-2H3. The summed E-state index contributed by atoms with van der Waals surface area (Å²) in [6.45, 7) is 9.05. The third-order valence-electron chi connectivity index (χ3n) is 5.58. The first kappa shape index (κ1) is 22.4. The van der Waals surface area contributed by atoms with Crippen molar-refractivity contribution < 1.29 is 4.74 Å². The van der Waals surface area contributed by atoms with Gasteiger partial charge in [-0.25, -0.2) is 14.5 Å². The second-order valence-corrected chi connectivity index (χ2v) is 8.85. The average Bonchev–Trinajstić information content (AvgIpc) is 3.50. The Labute approximate surface area is 193 Å². The summed E-state index contributed by atoms with van der Waals surface area (Å²) in [7, 11) is 1.69. The van der Waals surface area contributed by atoms with Gasteiger partial charge in [-0.3, -0.25) is 4.90 Å². The number of rotatable bonds is 5. The minimum Gasteiger partial charge on any atom is -0.497 e. The van der Waals surface area contributed by atoms with E-state index in [-0.39, 0.29) is 0 Å². The largest absolute Gasteiger partial charge is 0.497 e. The summed E-state index contributed by atoms with van der Waals surface area (Å²) in [5, 5.41) is 5.44. The van der Waals surface area contributed by atoms with Crippen LogP contribution in [0.25, 0.3) is 16.3 Å². The lowest BCUT2D eigenvalue weighted by Gasteiger charge is -2.32. The fourth-order valence-corrected chi connectivity index (χ4v) is 5.13. The molecule has 1 saturated heterocycles. The Kier molecular flexibility index (Phi) is 7.12. The van der Waals surface area contributed by atoms with Crippen molar-refractivity contribution in [3.8, 4) is 16.3 Å². The number of fused-ring (bicyclic) bond motifs is 1. The van der Waals surface area contributed by atoms with Gasteiger partial charge in [0.2, 0.25) is 0 Å². The van der Waals surface area contributed by atoms with Crippen LogP contribution < -0.4 is 4.74 Å². The van der Waals surface area contributed by atoms with E-state index >= 15 is 0 Å². The number of likely N-dealkylation sites (tertiary alicyclic amines) is 1. The molecule has 0 bridgehead atoms. The van der Waals surface area contributed by atoms with E-state index in [1.807, 2.05) is 49.7 Å². The second-order valence-electron chi connectivity index (χ2n) is 7.73. The van der Waals surface area contributed by atoms with E-state index in [0.717, 1.165) is 48.1 Å². The molecule has 1 aliphatic heterocycles. The molecule has 4 heterocycles. The van der Waals surface area contributed by atoms with Gasteiger partial charge in [-0.05, 0) is 44.5 Å². The number of hydrogen-bond acceptors (Lipinski definition) is 7. The summed E-state index contributed by atoms with van der Waals surface area (Å²) < 4.78 is 7.24. The number of methoxy groups -OCH3 is 1. The maximum atomic E-state index is 5.34. The summed E-state index contributed by atoms with van der Waals surface area (Å²) >= 11 is 1.76. The predicted molar refractivity (Wildman–Crippen MR) is 128 cm³/mol. The van der Waals surface area contributed by atoms with Gasteiger partial charge in [0, 0.05) is 41.3 Å². The number of ether oxygens (including phenoxy) is 1. The van der Waals surface area contributed by atoms with Crippen molar-refractivity contribution in [3.63, 3.8) is 0 Å². The van der Waals surface area contributed by atoms with Crippen molar-refractivity contribution in [2.45, 2.75) is 46.1 Å². The van der Waals surface area contributed by atoms with Gasteiger partial charge in [0.1, 0.15) is 17.1 Å². The molecule has 4 aromatic rings. The Bertz CT molecular complexity index is 1170. The summed E-state index contributed by atoms with van der Waals surface area (Å²) in [6, 6.07) is 10.2. The Morgan fingerprint density at radius 1 is 1.19 bits per heavy atom. The van der Waals surface area contributed by atoms with E-state index in [4.69, 9.17) is 4.74 Å². The van der Waals surface area contributed by atoms with E-state index in [1.165, 1.54) is 17.0 Å². The number of nitrogens with zero attached hydrogens (tertiary/aromatic N) is 6. The van der Waals surface area contributed by atoms with E-state index in [9.17, 15) is 0 Å². The van der Waals surface area contributed by atoms with E-state index in [0.29, 0.717) is 11.7 Å². The molecule has 168 valence electrons. The molecule has 8 heteroatoms. The molecular formula is C24H30N6OS. The number of hydrogen-bond donors (Lipinski definition) is 0. The zero-order valence-corrected chi connectivity index (χ0v) is 20.0. The zero-order valence-electron chi connectivity index (χ0n) is 19.2. The fraction of sp³-hybridized carbons (Fsp3) is 0.417. The normalized spacial score (nSPS) is 16.6. The SMILES string of the molecule is CC.COc1cccc(-c2ncc(CN3CCCC(c4cc(C)nc5ncnn45)C3)s2)c1. The van der Waals surface area contributed by atoms with Crippen molar-refractivity contribution in [1.82, 2.24) is 29.5 Å². The second kappa shape index (κ2) is 10.2. The minimum atomic E-state index is 0.426. The van der Waals surface area contributed by atoms with Crippen LogP contribution in [0.2, 0.25) is 0 Å².